The van der Waals surface area contributed by atoms with Crippen LogP contribution in [0.3, 0.4) is 0 Å². The Kier molecular flexibility index (Phi) is 5.64. The van der Waals surface area contributed by atoms with Gasteiger partial charge in [-0.15, -0.1) is 0 Å². The van der Waals surface area contributed by atoms with E-state index >= 15 is 0 Å². The number of nitrogens with one attached hydrogen (secondary N) is 1. The number of carbonyl (C=O) groups is 1. The topological polar surface area (TPSA) is 66.0 Å². The van der Waals surface area contributed by atoms with E-state index in [9.17, 15) is 4.79 Å². The lowest BCUT2D eigenvalue weighted by molar-refractivity contribution is -0.201. The summed E-state index contributed by atoms with van der Waals surface area (Å²) in [6.07, 6.45) is 2.50. The highest BCUT2D eigenvalue weighted by Crippen LogP contribution is 2.25. The van der Waals surface area contributed by atoms with Crippen molar-refractivity contribution in [2.45, 2.75) is 25.6 Å². The molecule has 0 aliphatic carbocycles. The van der Waals surface area contributed by atoms with Gasteiger partial charge in [-0.25, -0.2) is 10.3 Å². The molecule has 2 rings (SSSR count). The van der Waals surface area contributed by atoms with Crippen LogP contribution in [0.1, 0.15) is 19.3 Å². The summed E-state index contributed by atoms with van der Waals surface area (Å²) in [5, 5.41) is 0. The Morgan fingerprint density at radius 3 is 2.85 bits per heavy atom. The van der Waals surface area contributed by atoms with Crippen LogP contribution < -0.4 is 15.0 Å². The molecule has 1 atom stereocenters. The smallest absolute Gasteiger partial charge is 0.281 e. The quantitative estimate of drug-likeness (QED) is 0.803. The molecule has 1 N–H and O–H groups in total. The average molecular weight is 281 g/mol. The summed E-state index contributed by atoms with van der Waals surface area (Å²) in [4.78, 5) is 16.8. The van der Waals surface area contributed by atoms with Crippen LogP contribution in [0.4, 0.5) is 0 Å². The Morgan fingerprint density at radius 2 is 2.15 bits per heavy atom. The van der Waals surface area contributed by atoms with Crippen molar-refractivity contribution < 1.29 is 23.8 Å². The third-order valence-corrected chi connectivity index (χ3v) is 2.87. The number of hydrogen-bond donors (Lipinski definition) is 1. The van der Waals surface area contributed by atoms with Crippen LogP contribution in [0.5, 0.6) is 11.5 Å². The molecule has 0 bridgehead atoms. The summed E-state index contributed by atoms with van der Waals surface area (Å²) in [5.74, 6) is 0.723. The maximum atomic E-state index is 11.6. The predicted octanol–water partition coefficient (Wildman–Crippen LogP) is 1.65. The molecule has 1 aromatic rings. The number of carbonyl (C=O) groups excluding carboxylic acids is 1. The number of hydroxylamine groups is 1. The minimum atomic E-state index is -0.370. The fraction of sp³-hybridized carbons (Fsp3) is 0.500. The first-order valence-corrected chi connectivity index (χ1v) is 6.61. The number of rotatable bonds is 6. The van der Waals surface area contributed by atoms with Crippen LogP contribution in [0.25, 0.3) is 0 Å². The zero-order valence-electron chi connectivity index (χ0n) is 11.5. The molecule has 1 fully saturated rings. The molecule has 6 nitrogen and oxygen atoms in total. The fourth-order valence-electron chi connectivity index (χ4n) is 1.85. The maximum absolute atomic E-state index is 11.6. The number of ether oxygens (including phenoxy) is 3. The molecule has 1 aliphatic rings. The molecule has 1 aromatic carbocycles. The molecular weight excluding hydrogens is 262 g/mol. The molecule has 1 heterocycles. The van der Waals surface area contributed by atoms with Crippen molar-refractivity contribution in [3.63, 3.8) is 0 Å². The molecule has 0 aromatic heterocycles. The molecule has 6 heteroatoms. The van der Waals surface area contributed by atoms with E-state index in [1.54, 1.807) is 19.2 Å². The van der Waals surface area contributed by atoms with Gasteiger partial charge in [0, 0.05) is 13.0 Å². The highest BCUT2D eigenvalue weighted by Gasteiger charge is 2.16. The highest BCUT2D eigenvalue weighted by molar-refractivity contribution is 5.76. The van der Waals surface area contributed by atoms with Crippen LogP contribution in [0.2, 0.25) is 0 Å². The molecule has 0 radical (unpaired) electrons. The van der Waals surface area contributed by atoms with Gasteiger partial charge in [0.15, 0.2) is 24.4 Å². The van der Waals surface area contributed by atoms with Gasteiger partial charge in [0.25, 0.3) is 5.91 Å². The van der Waals surface area contributed by atoms with E-state index in [0.717, 1.165) is 19.3 Å². The number of hydrogen-bond acceptors (Lipinski definition) is 5. The Balaban J connectivity index is 1.71. The summed E-state index contributed by atoms with van der Waals surface area (Å²) in [7, 11) is 1.55. The van der Waals surface area contributed by atoms with Gasteiger partial charge >= 0.3 is 0 Å². The zero-order chi connectivity index (χ0) is 14.2. The van der Waals surface area contributed by atoms with Gasteiger partial charge in [0.2, 0.25) is 0 Å². The van der Waals surface area contributed by atoms with E-state index < -0.39 is 0 Å². The lowest BCUT2D eigenvalue weighted by atomic mass is 10.2. The van der Waals surface area contributed by atoms with Crippen molar-refractivity contribution in [1.29, 1.82) is 0 Å². The van der Waals surface area contributed by atoms with Crippen molar-refractivity contribution in [2.24, 2.45) is 0 Å². The van der Waals surface area contributed by atoms with Crippen LogP contribution in [-0.2, 0) is 14.4 Å². The second kappa shape index (κ2) is 7.72. The first-order valence-electron chi connectivity index (χ1n) is 6.61. The molecular formula is C14H19NO5. The number of amides is 1. The monoisotopic (exact) mass is 281 g/mol. The minimum absolute atomic E-state index is 0.146. The molecule has 1 unspecified atom stereocenters. The Bertz CT molecular complexity index is 431. The minimum Gasteiger partial charge on any atom is -0.493 e. The predicted molar refractivity (Wildman–Crippen MR) is 71.3 cm³/mol. The molecule has 0 saturated carbocycles. The van der Waals surface area contributed by atoms with E-state index in [2.05, 4.69) is 5.48 Å². The van der Waals surface area contributed by atoms with Gasteiger partial charge in [-0.2, -0.15) is 0 Å². The highest BCUT2D eigenvalue weighted by atomic mass is 16.8. The van der Waals surface area contributed by atoms with Crippen molar-refractivity contribution in [3.8, 4) is 11.5 Å². The first kappa shape index (κ1) is 14.6. The van der Waals surface area contributed by atoms with E-state index in [1.165, 1.54) is 0 Å². The standard InChI is InChI=1S/C14H19NO5/c1-17-11-6-2-3-7-12(11)19-10-13(16)15-20-14-8-4-5-9-18-14/h2-3,6-7,14H,4-5,8-10H2,1H3,(H,15,16). The van der Waals surface area contributed by atoms with Gasteiger partial charge in [-0.1, -0.05) is 12.1 Å². The van der Waals surface area contributed by atoms with Crippen LogP contribution in [-0.4, -0.2) is 32.5 Å². The Labute approximate surface area is 117 Å². The Hall–Kier alpha value is -1.79. The normalized spacial score (nSPS) is 18.4. The molecule has 110 valence electrons. The third-order valence-electron chi connectivity index (χ3n) is 2.87. The van der Waals surface area contributed by atoms with Crippen LogP contribution in [0.15, 0.2) is 24.3 Å². The summed E-state index contributed by atoms with van der Waals surface area (Å²) in [5.41, 5.74) is 2.33. The summed E-state index contributed by atoms with van der Waals surface area (Å²) in [6, 6.07) is 7.13. The van der Waals surface area contributed by atoms with Gasteiger partial charge in [-0.05, 0) is 25.0 Å². The lowest BCUT2D eigenvalue weighted by Gasteiger charge is -2.22. The van der Waals surface area contributed by atoms with Crippen molar-refractivity contribution >= 4 is 5.91 Å². The van der Waals surface area contributed by atoms with Crippen molar-refractivity contribution in [2.75, 3.05) is 20.3 Å². The maximum Gasteiger partial charge on any atom is 0.281 e. The summed E-state index contributed by atoms with van der Waals surface area (Å²) >= 11 is 0. The summed E-state index contributed by atoms with van der Waals surface area (Å²) < 4.78 is 15.8. The van der Waals surface area contributed by atoms with E-state index in [4.69, 9.17) is 19.0 Å². The first-order chi connectivity index (χ1) is 9.79. The molecule has 1 amide bonds. The average Bonchev–Trinajstić information content (AvgIpc) is 2.52. The zero-order valence-corrected chi connectivity index (χ0v) is 11.5. The van der Waals surface area contributed by atoms with Gasteiger partial charge in [0.1, 0.15) is 0 Å². The number of benzene rings is 1. The Morgan fingerprint density at radius 1 is 1.35 bits per heavy atom. The van der Waals surface area contributed by atoms with Crippen LogP contribution in [0, 0.1) is 0 Å². The molecule has 20 heavy (non-hydrogen) atoms. The van der Waals surface area contributed by atoms with Crippen LogP contribution >= 0.6 is 0 Å². The SMILES string of the molecule is COc1ccccc1OCC(=O)NOC1CCCCO1. The fourth-order valence-corrected chi connectivity index (χ4v) is 1.85. The van der Waals surface area contributed by atoms with Crippen molar-refractivity contribution in [1.82, 2.24) is 5.48 Å². The molecule has 0 spiro atoms. The van der Waals surface area contributed by atoms with Crippen molar-refractivity contribution in [3.05, 3.63) is 24.3 Å². The number of para-hydroxylation sites is 2. The van der Waals surface area contributed by atoms with E-state index in [-0.39, 0.29) is 18.8 Å². The molecule has 1 aliphatic heterocycles. The van der Waals surface area contributed by atoms with E-state index in [1.807, 2.05) is 12.1 Å². The third kappa shape index (κ3) is 4.40. The van der Waals surface area contributed by atoms with E-state index in [0.29, 0.717) is 18.1 Å². The summed E-state index contributed by atoms with van der Waals surface area (Å²) in [6.45, 7) is 0.519. The number of methoxy groups -OCH3 is 1. The van der Waals surface area contributed by atoms with Gasteiger partial charge < -0.3 is 14.2 Å². The molecule has 1 saturated heterocycles. The van der Waals surface area contributed by atoms with Gasteiger partial charge in [-0.3, -0.25) is 4.79 Å². The largest absolute Gasteiger partial charge is 0.493 e. The lowest BCUT2D eigenvalue weighted by Crippen LogP contribution is -2.35. The van der Waals surface area contributed by atoms with Gasteiger partial charge in [0.05, 0.1) is 7.11 Å². The second-order valence-corrected chi connectivity index (χ2v) is 4.38. The second-order valence-electron chi connectivity index (χ2n) is 4.38.